The van der Waals surface area contributed by atoms with Crippen molar-refractivity contribution in [3.05, 3.63) is 24.3 Å². The number of unbranched alkanes of at least 4 members (excludes halogenated alkanes) is 4. The lowest BCUT2D eigenvalue weighted by molar-refractivity contribution is -0.129. The molecule has 1 amide bonds. The van der Waals surface area contributed by atoms with Crippen LogP contribution in [0.15, 0.2) is 24.3 Å². The van der Waals surface area contributed by atoms with Crippen LogP contribution < -0.4 is 0 Å². The summed E-state index contributed by atoms with van der Waals surface area (Å²) in [6.07, 6.45) is 13.9. The minimum absolute atomic E-state index is 0.0978. The Hall–Kier alpha value is -1.05. The molecule has 0 rings (SSSR count). The van der Waals surface area contributed by atoms with Crippen molar-refractivity contribution >= 4 is 5.91 Å². The Morgan fingerprint density at radius 3 is 2.16 bits per heavy atom. The lowest BCUT2D eigenvalue weighted by Crippen LogP contribution is -2.41. The Labute approximate surface area is 119 Å². The van der Waals surface area contributed by atoms with Gasteiger partial charge in [0, 0.05) is 18.2 Å². The van der Waals surface area contributed by atoms with E-state index in [1.807, 2.05) is 17.1 Å². The second kappa shape index (κ2) is 10.8. The van der Waals surface area contributed by atoms with Gasteiger partial charge in [-0.1, -0.05) is 44.4 Å². The highest BCUT2D eigenvalue weighted by Gasteiger charge is 2.16. The van der Waals surface area contributed by atoms with Crippen molar-refractivity contribution < 1.29 is 4.79 Å². The number of allylic oxidation sites excluding steroid dienone is 3. The summed E-state index contributed by atoms with van der Waals surface area (Å²) in [6, 6.07) is 0.491. The third-order valence-corrected chi connectivity index (χ3v) is 3.08. The molecular formula is C17H31NO. The molecule has 0 aromatic rings. The van der Waals surface area contributed by atoms with Gasteiger partial charge in [0.1, 0.15) is 0 Å². The summed E-state index contributed by atoms with van der Waals surface area (Å²) in [7, 11) is 0. The van der Waals surface area contributed by atoms with E-state index >= 15 is 0 Å². The highest BCUT2D eigenvalue weighted by Crippen LogP contribution is 2.06. The minimum atomic E-state index is 0.0978. The van der Waals surface area contributed by atoms with E-state index in [4.69, 9.17) is 0 Å². The Balaban J connectivity index is 4.04. The van der Waals surface area contributed by atoms with E-state index in [-0.39, 0.29) is 18.0 Å². The highest BCUT2D eigenvalue weighted by molar-refractivity contribution is 5.88. The van der Waals surface area contributed by atoms with Gasteiger partial charge in [-0.05, 0) is 40.5 Å². The van der Waals surface area contributed by atoms with Crippen molar-refractivity contribution in [2.45, 2.75) is 78.8 Å². The second-order valence-electron chi connectivity index (χ2n) is 5.57. The number of nitrogens with zero attached hydrogens (tertiary/aromatic N) is 1. The standard InChI is InChI=1S/C17H31NO/c1-6-7-8-9-10-11-12-13-14-17(19)18(15(2)3)16(4)5/h11-16H,6-10H2,1-5H3. The average Bonchev–Trinajstić information content (AvgIpc) is 2.31. The number of rotatable bonds is 9. The van der Waals surface area contributed by atoms with Crippen LogP contribution in [0.1, 0.15) is 66.7 Å². The van der Waals surface area contributed by atoms with E-state index in [0.29, 0.717) is 0 Å². The number of hydrogen-bond donors (Lipinski definition) is 0. The van der Waals surface area contributed by atoms with Crippen LogP contribution in [-0.2, 0) is 4.79 Å². The summed E-state index contributed by atoms with van der Waals surface area (Å²) in [5.74, 6) is 0.0978. The van der Waals surface area contributed by atoms with Gasteiger partial charge in [-0.15, -0.1) is 0 Å². The van der Waals surface area contributed by atoms with E-state index in [1.165, 1.54) is 25.7 Å². The molecule has 19 heavy (non-hydrogen) atoms. The predicted octanol–water partition coefficient (Wildman–Crippen LogP) is 4.71. The topological polar surface area (TPSA) is 20.3 Å². The maximum Gasteiger partial charge on any atom is 0.247 e. The molecule has 0 spiro atoms. The Morgan fingerprint density at radius 2 is 1.63 bits per heavy atom. The molecule has 0 aliphatic rings. The van der Waals surface area contributed by atoms with Crippen LogP contribution in [0, 0.1) is 0 Å². The highest BCUT2D eigenvalue weighted by atomic mass is 16.2. The molecule has 0 saturated heterocycles. The largest absolute Gasteiger partial charge is 0.334 e. The molecule has 0 aromatic carbocycles. The summed E-state index contributed by atoms with van der Waals surface area (Å²) >= 11 is 0. The van der Waals surface area contributed by atoms with Gasteiger partial charge in [0.2, 0.25) is 5.91 Å². The zero-order valence-electron chi connectivity index (χ0n) is 13.4. The summed E-state index contributed by atoms with van der Waals surface area (Å²) in [5.41, 5.74) is 0. The van der Waals surface area contributed by atoms with Crippen LogP contribution in [0.5, 0.6) is 0 Å². The summed E-state index contributed by atoms with van der Waals surface area (Å²) < 4.78 is 0. The van der Waals surface area contributed by atoms with Crippen LogP contribution in [-0.4, -0.2) is 22.9 Å². The predicted molar refractivity (Wildman–Crippen MR) is 84.2 cm³/mol. The zero-order valence-corrected chi connectivity index (χ0v) is 13.4. The van der Waals surface area contributed by atoms with Crippen molar-refractivity contribution in [3.63, 3.8) is 0 Å². The van der Waals surface area contributed by atoms with Gasteiger partial charge < -0.3 is 4.90 Å². The summed E-state index contributed by atoms with van der Waals surface area (Å²) in [5, 5.41) is 0. The first-order valence-corrected chi connectivity index (χ1v) is 7.66. The monoisotopic (exact) mass is 265 g/mol. The SMILES string of the molecule is CCCCCCC=CC=CC(=O)N(C(C)C)C(C)C. The van der Waals surface area contributed by atoms with Gasteiger partial charge in [-0.2, -0.15) is 0 Å². The van der Waals surface area contributed by atoms with E-state index < -0.39 is 0 Å². The third kappa shape index (κ3) is 8.63. The molecule has 0 bridgehead atoms. The summed E-state index contributed by atoms with van der Waals surface area (Å²) in [6.45, 7) is 10.4. The first kappa shape index (κ1) is 17.9. The van der Waals surface area contributed by atoms with Crippen LogP contribution in [0.3, 0.4) is 0 Å². The minimum Gasteiger partial charge on any atom is -0.334 e. The van der Waals surface area contributed by atoms with E-state index in [1.54, 1.807) is 6.08 Å². The van der Waals surface area contributed by atoms with E-state index in [2.05, 4.69) is 40.7 Å². The molecule has 2 heteroatoms. The fourth-order valence-electron chi connectivity index (χ4n) is 2.19. The average molecular weight is 265 g/mol. The molecule has 0 aromatic heterocycles. The van der Waals surface area contributed by atoms with Crippen LogP contribution in [0.25, 0.3) is 0 Å². The van der Waals surface area contributed by atoms with Gasteiger partial charge in [0.25, 0.3) is 0 Å². The molecular weight excluding hydrogens is 234 g/mol. The number of carbonyl (C=O) groups is 1. The molecule has 0 fully saturated rings. The van der Waals surface area contributed by atoms with Crippen LogP contribution in [0.4, 0.5) is 0 Å². The number of hydrogen-bond acceptors (Lipinski definition) is 1. The van der Waals surface area contributed by atoms with Gasteiger partial charge in [0.05, 0.1) is 0 Å². The van der Waals surface area contributed by atoms with Crippen molar-refractivity contribution in [3.8, 4) is 0 Å². The molecule has 0 heterocycles. The molecule has 0 atom stereocenters. The van der Waals surface area contributed by atoms with Crippen LogP contribution >= 0.6 is 0 Å². The van der Waals surface area contributed by atoms with Crippen molar-refractivity contribution in [2.24, 2.45) is 0 Å². The normalized spacial score (nSPS) is 12.2. The lowest BCUT2D eigenvalue weighted by atomic mass is 10.1. The molecule has 0 aliphatic carbocycles. The molecule has 110 valence electrons. The van der Waals surface area contributed by atoms with Gasteiger partial charge in [0.15, 0.2) is 0 Å². The first-order valence-electron chi connectivity index (χ1n) is 7.66. The number of carbonyl (C=O) groups excluding carboxylic acids is 1. The maximum atomic E-state index is 12.0. The van der Waals surface area contributed by atoms with Crippen molar-refractivity contribution in [2.75, 3.05) is 0 Å². The third-order valence-electron chi connectivity index (χ3n) is 3.08. The van der Waals surface area contributed by atoms with Gasteiger partial charge >= 0.3 is 0 Å². The van der Waals surface area contributed by atoms with Gasteiger partial charge in [-0.25, -0.2) is 0 Å². The van der Waals surface area contributed by atoms with Gasteiger partial charge in [-0.3, -0.25) is 4.79 Å². The van der Waals surface area contributed by atoms with E-state index in [0.717, 1.165) is 6.42 Å². The molecule has 0 aliphatic heterocycles. The molecule has 0 saturated carbocycles. The first-order chi connectivity index (χ1) is 9.00. The van der Waals surface area contributed by atoms with Crippen molar-refractivity contribution in [1.29, 1.82) is 0 Å². The second-order valence-corrected chi connectivity index (χ2v) is 5.57. The van der Waals surface area contributed by atoms with E-state index in [9.17, 15) is 4.79 Å². The molecule has 0 unspecified atom stereocenters. The lowest BCUT2D eigenvalue weighted by Gasteiger charge is -2.29. The molecule has 0 radical (unpaired) electrons. The quantitative estimate of drug-likeness (QED) is 0.336. The zero-order chi connectivity index (χ0) is 14.7. The number of amides is 1. The smallest absolute Gasteiger partial charge is 0.247 e. The Bertz CT molecular complexity index is 282. The van der Waals surface area contributed by atoms with Crippen LogP contribution in [0.2, 0.25) is 0 Å². The molecule has 2 nitrogen and oxygen atoms in total. The van der Waals surface area contributed by atoms with Crippen molar-refractivity contribution in [1.82, 2.24) is 4.90 Å². The molecule has 0 N–H and O–H groups in total. The Morgan fingerprint density at radius 1 is 1.00 bits per heavy atom. The maximum absolute atomic E-state index is 12.0. The Kier molecular flexibility index (Phi) is 10.2. The fourth-order valence-corrected chi connectivity index (χ4v) is 2.19. The summed E-state index contributed by atoms with van der Waals surface area (Å²) in [4.78, 5) is 13.9. The fraction of sp³-hybridized carbons (Fsp3) is 0.706.